The lowest BCUT2D eigenvalue weighted by Gasteiger charge is -2.17. The molecule has 0 saturated carbocycles. The zero-order valence-electron chi connectivity index (χ0n) is 24.9. The first kappa shape index (κ1) is 31.1. The molecule has 0 bridgehead atoms. The van der Waals surface area contributed by atoms with Gasteiger partial charge in [-0.2, -0.15) is 0 Å². The molecule has 43 heavy (non-hydrogen) atoms. The minimum atomic E-state index is -0.687. The lowest BCUT2D eigenvalue weighted by atomic mass is 9.88. The van der Waals surface area contributed by atoms with Crippen molar-refractivity contribution in [2.45, 2.75) is 20.0 Å². The number of rotatable bonds is 13. The van der Waals surface area contributed by atoms with Gasteiger partial charge in [0.25, 0.3) is 0 Å². The second-order valence-corrected chi connectivity index (χ2v) is 10.2. The molecule has 0 saturated heterocycles. The molecule has 7 heteroatoms. The topological polar surface area (TPSA) is 77.1 Å². The number of nitrogens with one attached hydrogen (secondary N) is 1. The van der Waals surface area contributed by atoms with Gasteiger partial charge in [-0.15, -0.1) is 0 Å². The fraction of sp³-hybridized carbons (Fsp3) is 0.222. The predicted octanol–water partition coefficient (Wildman–Crippen LogP) is 6.83. The summed E-state index contributed by atoms with van der Waals surface area (Å²) in [6, 6.07) is 35.2. The number of hydrogen-bond acceptors (Lipinski definition) is 6. The van der Waals surface area contributed by atoms with Gasteiger partial charge in [0, 0.05) is 6.54 Å². The van der Waals surface area contributed by atoms with Gasteiger partial charge < -0.3 is 24.4 Å². The molecule has 4 aromatic carbocycles. The number of nitrogens with zero attached hydrogens (tertiary/aromatic N) is 1. The predicted molar refractivity (Wildman–Crippen MR) is 170 cm³/mol. The molecule has 1 amide bonds. The van der Waals surface area contributed by atoms with Crippen molar-refractivity contribution in [1.82, 2.24) is 10.2 Å². The van der Waals surface area contributed by atoms with E-state index in [1.54, 1.807) is 12.1 Å². The van der Waals surface area contributed by atoms with Crippen molar-refractivity contribution in [3.8, 4) is 11.5 Å². The number of benzene rings is 4. The van der Waals surface area contributed by atoms with Crippen molar-refractivity contribution >= 4 is 23.2 Å². The molecule has 0 aromatic heterocycles. The molecule has 0 unspecified atom stereocenters. The summed E-state index contributed by atoms with van der Waals surface area (Å²) in [6.45, 7) is 3.41. The molecule has 7 nitrogen and oxygen atoms in total. The van der Waals surface area contributed by atoms with Crippen LogP contribution < -0.4 is 14.8 Å². The van der Waals surface area contributed by atoms with Crippen LogP contribution in [0.3, 0.4) is 0 Å². The fourth-order valence-electron chi connectivity index (χ4n) is 4.52. The smallest absolute Gasteiger partial charge is 0.407 e. The Morgan fingerprint density at radius 1 is 0.721 bits per heavy atom. The largest absolute Gasteiger partial charge is 0.492 e. The summed E-state index contributed by atoms with van der Waals surface area (Å²) in [5.74, 6) is 0.612. The Balaban J connectivity index is 1.46. The molecule has 0 radical (unpaired) electrons. The lowest BCUT2D eigenvalue weighted by molar-refractivity contribution is -0.133. The molecule has 0 aliphatic rings. The molecule has 1 N–H and O–H groups in total. The van der Waals surface area contributed by atoms with Crippen molar-refractivity contribution in [2.75, 3.05) is 33.8 Å². The Morgan fingerprint density at radius 2 is 1.30 bits per heavy atom. The lowest BCUT2D eigenvalue weighted by Crippen LogP contribution is -2.32. The standard InChI is InChI=1S/C36H38N2O5/c1-4-33(28-13-9-6-10-14-28)35(29-15-19-31(20-16-29)41-24-23-38(2)3)30-17-21-32(22-18-30)43-34(39)25-37-36(40)42-26-27-11-7-5-8-12-27/h5-22H,4,23-26H2,1-3H3,(H,37,40)/b35-33+. The molecule has 0 heterocycles. The molecule has 0 atom stereocenters. The molecular formula is C36H38N2O5. The Bertz CT molecular complexity index is 1480. The van der Waals surface area contributed by atoms with Crippen LogP contribution in [0.1, 0.15) is 35.6 Å². The summed E-state index contributed by atoms with van der Waals surface area (Å²) in [7, 11) is 4.04. The Hall–Kier alpha value is -4.88. The second kappa shape index (κ2) is 15.9. The molecule has 0 aliphatic heterocycles. The molecule has 222 valence electrons. The van der Waals surface area contributed by atoms with E-state index in [1.165, 1.54) is 5.57 Å². The average Bonchev–Trinajstić information content (AvgIpc) is 3.03. The normalized spacial score (nSPS) is 11.4. The zero-order chi connectivity index (χ0) is 30.4. The van der Waals surface area contributed by atoms with Crippen LogP contribution in [-0.2, 0) is 16.1 Å². The molecule has 0 spiro atoms. The highest BCUT2D eigenvalue weighted by molar-refractivity contribution is 5.98. The SMILES string of the molecule is CC/C(=C(/c1ccc(OCCN(C)C)cc1)c1ccc(OC(=O)CNC(=O)OCc2ccccc2)cc1)c1ccccc1. The Kier molecular flexibility index (Phi) is 11.5. The average molecular weight is 579 g/mol. The number of amides is 1. The van der Waals surface area contributed by atoms with E-state index in [2.05, 4.69) is 41.4 Å². The van der Waals surface area contributed by atoms with Crippen molar-refractivity contribution < 1.29 is 23.8 Å². The monoisotopic (exact) mass is 578 g/mol. The third-order valence-electron chi connectivity index (χ3n) is 6.69. The first-order valence-corrected chi connectivity index (χ1v) is 14.3. The van der Waals surface area contributed by atoms with Gasteiger partial charge in [-0.05, 0) is 78.2 Å². The van der Waals surface area contributed by atoms with Crippen LogP contribution in [0.2, 0.25) is 0 Å². The Labute approximate surface area is 253 Å². The van der Waals surface area contributed by atoms with Crippen molar-refractivity contribution in [3.05, 3.63) is 131 Å². The summed E-state index contributed by atoms with van der Waals surface area (Å²) in [6.07, 6.45) is 0.136. The van der Waals surface area contributed by atoms with Gasteiger partial charge in [0.2, 0.25) is 0 Å². The van der Waals surface area contributed by atoms with Gasteiger partial charge in [0.1, 0.15) is 31.3 Å². The molecule has 4 aromatic rings. The van der Waals surface area contributed by atoms with E-state index in [-0.39, 0.29) is 13.2 Å². The summed E-state index contributed by atoms with van der Waals surface area (Å²) < 4.78 is 16.5. The third kappa shape index (κ3) is 9.58. The fourth-order valence-corrected chi connectivity index (χ4v) is 4.52. The van der Waals surface area contributed by atoms with Gasteiger partial charge in [0.05, 0.1) is 0 Å². The second-order valence-electron chi connectivity index (χ2n) is 10.2. The van der Waals surface area contributed by atoms with Crippen LogP contribution in [-0.4, -0.2) is 50.8 Å². The van der Waals surface area contributed by atoms with E-state index in [0.29, 0.717) is 12.4 Å². The van der Waals surface area contributed by atoms with E-state index in [0.717, 1.165) is 46.5 Å². The van der Waals surface area contributed by atoms with Crippen LogP contribution in [0.15, 0.2) is 109 Å². The number of likely N-dealkylation sites (N-methyl/N-ethyl adjacent to an activating group) is 1. The van der Waals surface area contributed by atoms with E-state index < -0.39 is 12.1 Å². The summed E-state index contributed by atoms with van der Waals surface area (Å²) in [4.78, 5) is 26.5. The first-order valence-electron chi connectivity index (χ1n) is 14.3. The highest BCUT2D eigenvalue weighted by Crippen LogP contribution is 2.35. The maximum absolute atomic E-state index is 12.4. The zero-order valence-corrected chi connectivity index (χ0v) is 24.9. The number of hydrogen-bond donors (Lipinski definition) is 1. The number of allylic oxidation sites excluding steroid dienone is 1. The van der Waals surface area contributed by atoms with Gasteiger partial charge in [-0.3, -0.25) is 0 Å². The number of esters is 1. The highest BCUT2D eigenvalue weighted by Gasteiger charge is 2.15. The van der Waals surface area contributed by atoms with Crippen molar-refractivity contribution in [2.24, 2.45) is 0 Å². The van der Waals surface area contributed by atoms with Crippen LogP contribution >= 0.6 is 0 Å². The quantitative estimate of drug-likeness (QED) is 0.107. The summed E-state index contributed by atoms with van der Waals surface area (Å²) in [5.41, 5.74) is 6.34. The van der Waals surface area contributed by atoms with E-state index in [4.69, 9.17) is 14.2 Å². The van der Waals surface area contributed by atoms with Crippen LogP contribution in [0.4, 0.5) is 4.79 Å². The molecule has 4 rings (SSSR count). The maximum Gasteiger partial charge on any atom is 0.407 e. The van der Waals surface area contributed by atoms with E-state index in [9.17, 15) is 9.59 Å². The number of carbonyl (C=O) groups excluding carboxylic acids is 2. The van der Waals surface area contributed by atoms with E-state index >= 15 is 0 Å². The van der Waals surface area contributed by atoms with Crippen molar-refractivity contribution in [3.63, 3.8) is 0 Å². The summed E-state index contributed by atoms with van der Waals surface area (Å²) in [5, 5.41) is 2.43. The molecule has 0 aliphatic carbocycles. The van der Waals surface area contributed by atoms with Crippen molar-refractivity contribution in [1.29, 1.82) is 0 Å². The van der Waals surface area contributed by atoms with Crippen LogP contribution in [0.5, 0.6) is 11.5 Å². The minimum Gasteiger partial charge on any atom is -0.492 e. The maximum atomic E-state index is 12.4. The van der Waals surface area contributed by atoms with Crippen LogP contribution in [0, 0.1) is 0 Å². The summed E-state index contributed by atoms with van der Waals surface area (Å²) >= 11 is 0. The molecular weight excluding hydrogens is 540 g/mol. The highest BCUT2D eigenvalue weighted by atomic mass is 16.6. The van der Waals surface area contributed by atoms with Gasteiger partial charge in [-0.25, -0.2) is 9.59 Å². The number of alkyl carbamates (subject to hydrolysis) is 1. The van der Waals surface area contributed by atoms with Crippen LogP contribution in [0.25, 0.3) is 11.1 Å². The van der Waals surface area contributed by atoms with Gasteiger partial charge in [0.15, 0.2) is 0 Å². The first-order chi connectivity index (χ1) is 20.9. The number of carbonyl (C=O) groups is 2. The minimum absolute atomic E-state index is 0.119. The number of ether oxygens (including phenoxy) is 3. The van der Waals surface area contributed by atoms with E-state index in [1.807, 2.05) is 86.9 Å². The van der Waals surface area contributed by atoms with Gasteiger partial charge in [-0.1, -0.05) is 91.9 Å². The third-order valence-corrected chi connectivity index (χ3v) is 6.69. The van der Waals surface area contributed by atoms with Gasteiger partial charge >= 0.3 is 12.1 Å². The Morgan fingerprint density at radius 3 is 1.88 bits per heavy atom. The molecule has 0 fully saturated rings.